The summed E-state index contributed by atoms with van der Waals surface area (Å²) in [6, 6.07) is 8.20. The minimum Gasteiger partial charge on any atom is -0.394 e. The Kier molecular flexibility index (Phi) is 6.54. The molecule has 1 rings (SSSR count). The van der Waals surface area contributed by atoms with Crippen molar-refractivity contribution in [1.82, 2.24) is 0 Å². The molecule has 0 spiro atoms. The average Bonchev–Trinajstić information content (AvgIpc) is 2.51. The predicted molar refractivity (Wildman–Crippen MR) is 71.2 cm³/mol. The van der Waals surface area contributed by atoms with Crippen LogP contribution in [-0.4, -0.2) is 62.3 Å². The molecule has 7 heteroatoms. The second-order valence-corrected chi connectivity index (χ2v) is 4.79. The van der Waals surface area contributed by atoms with Crippen LogP contribution >= 0.6 is 11.6 Å². The normalized spacial score (nSPS) is 18.9. The number of hydrogen-bond acceptors (Lipinski definition) is 6. The Bertz CT molecular complexity index is 426. The number of aliphatic hydroxyl groups is 5. The largest absolute Gasteiger partial charge is 0.394 e. The van der Waals surface area contributed by atoms with Crippen LogP contribution in [0.2, 0.25) is 0 Å². The van der Waals surface area contributed by atoms with Gasteiger partial charge in [-0.25, -0.2) is 0 Å². The summed E-state index contributed by atoms with van der Waals surface area (Å²) in [5.41, 5.74) is 0.433. The van der Waals surface area contributed by atoms with Crippen molar-refractivity contribution in [2.45, 2.75) is 29.8 Å². The molecule has 0 saturated heterocycles. The predicted octanol–water partition coefficient (Wildman–Crippen LogP) is -1.03. The van der Waals surface area contributed by atoms with E-state index in [9.17, 15) is 20.1 Å². The zero-order valence-electron chi connectivity index (χ0n) is 10.5. The first-order chi connectivity index (χ1) is 9.40. The number of ketones is 1. The molecule has 0 bridgehead atoms. The summed E-state index contributed by atoms with van der Waals surface area (Å²) in [5, 5.41) is 45.4. The number of rotatable bonds is 7. The van der Waals surface area contributed by atoms with Crippen LogP contribution < -0.4 is 0 Å². The number of alkyl halides is 1. The molecule has 0 saturated carbocycles. The summed E-state index contributed by atoms with van der Waals surface area (Å²) < 4.78 is 0. The van der Waals surface area contributed by atoms with Gasteiger partial charge in [-0.1, -0.05) is 30.3 Å². The Labute approximate surface area is 120 Å². The summed E-state index contributed by atoms with van der Waals surface area (Å²) in [4.78, 5) is 11.9. The van der Waals surface area contributed by atoms with Gasteiger partial charge in [0.1, 0.15) is 29.8 Å². The van der Waals surface area contributed by atoms with Crippen LogP contribution in [0.25, 0.3) is 0 Å². The van der Waals surface area contributed by atoms with Crippen LogP contribution in [0.15, 0.2) is 30.3 Å². The van der Waals surface area contributed by atoms with Gasteiger partial charge in [-0.05, 0) is 5.56 Å². The zero-order valence-corrected chi connectivity index (χ0v) is 11.3. The first kappa shape index (κ1) is 17.0. The molecule has 112 valence electrons. The standard InChI is InChI=1S/C13H17ClO6/c14-9(7-4-2-1-3-5-7)11(18)13(20)12(19)10(17)8(16)6-15/h1-5,8-10,12-13,15-17,19-20H,6H2/t8-,9?,10-,12+,13+/m1/s1. The van der Waals surface area contributed by atoms with Crippen molar-refractivity contribution >= 4 is 17.4 Å². The molecule has 0 aliphatic rings. The monoisotopic (exact) mass is 304 g/mol. The Morgan fingerprint density at radius 1 is 1.05 bits per heavy atom. The van der Waals surface area contributed by atoms with E-state index in [-0.39, 0.29) is 0 Å². The van der Waals surface area contributed by atoms with E-state index in [1.165, 1.54) is 0 Å². The van der Waals surface area contributed by atoms with Gasteiger partial charge in [0.15, 0.2) is 5.78 Å². The lowest BCUT2D eigenvalue weighted by Gasteiger charge is -2.25. The van der Waals surface area contributed by atoms with Crippen molar-refractivity contribution in [2.75, 3.05) is 6.61 Å². The third-order valence-corrected chi connectivity index (χ3v) is 3.36. The van der Waals surface area contributed by atoms with Gasteiger partial charge >= 0.3 is 0 Å². The van der Waals surface area contributed by atoms with Crippen LogP contribution in [-0.2, 0) is 4.79 Å². The van der Waals surface area contributed by atoms with E-state index < -0.39 is 42.2 Å². The Morgan fingerprint density at radius 3 is 2.10 bits per heavy atom. The molecule has 0 amide bonds. The van der Waals surface area contributed by atoms with E-state index in [4.69, 9.17) is 21.8 Å². The summed E-state index contributed by atoms with van der Waals surface area (Å²) in [6.45, 7) is -0.817. The molecular weight excluding hydrogens is 288 g/mol. The number of carbonyl (C=O) groups excluding carboxylic acids is 1. The lowest BCUT2D eigenvalue weighted by atomic mass is 9.96. The maximum atomic E-state index is 11.9. The second kappa shape index (κ2) is 7.68. The van der Waals surface area contributed by atoms with E-state index >= 15 is 0 Å². The molecule has 1 aromatic rings. The molecule has 5 N–H and O–H groups in total. The Morgan fingerprint density at radius 2 is 1.60 bits per heavy atom. The van der Waals surface area contributed by atoms with E-state index in [2.05, 4.69) is 0 Å². The molecule has 0 aliphatic carbocycles. The highest BCUT2D eigenvalue weighted by atomic mass is 35.5. The lowest BCUT2D eigenvalue weighted by molar-refractivity contribution is -0.146. The average molecular weight is 305 g/mol. The van der Waals surface area contributed by atoms with Gasteiger partial charge in [0.05, 0.1) is 6.61 Å². The van der Waals surface area contributed by atoms with Crippen molar-refractivity contribution in [1.29, 1.82) is 0 Å². The Hall–Kier alpha value is -1.02. The Balaban J connectivity index is 2.76. The summed E-state index contributed by atoms with van der Waals surface area (Å²) in [5.74, 6) is -0.908. The van der Waals surface area contributed by atoms with E-state index in [1.54, 1.807) is 30.3 Å². The highest BCUT2D eigenvalue weighted by molar-refractivity contribution is 6.31. The molecular formula is C13H17ClO6. The maximum absolute atomic E-state index is 11.9. The quantitative estimate of drug-likeness (QED) is 0.411. The number of aliphatic hydroxyl groups excluding tert-OH is 5. The third-order valence-electron chi connectivity index (χ3n) is 2.89. The minimum atomic E-state index is -1.98. The molecule has 0 heterocycles. The molecule has 1 unspecified atom stereocenters. The first-order valence-corrected chi connectivity index (χ1v) is 6.39. The summed E-state index contributed by atoms with van der Waals surface area (Å²) >= 11 is 5.90. The van der Waals surface area contributed by atoms with Gasteiger partial charge in [0, 0.05) is 0 Å². The number of carbonyl (C=O) groups is 1. The second-order valence-electron chi connectivity index (χ2n) is 4.35. The highest BCUT2D eigenvalue weighted by Gasteiger charge is 2.36. The SMILES string of the molecule is O=C(C(Cl)c1ccccc1)[C@H](O)[C@@H](O)[C@H](O)[C@H](O)CO. The van der Waals surface area contributed by atoms with Gasteiger partial charge in [-0.15, -0.1) is 11.6 Å². The fraction of sp³-hybridized carbons (Fsp3) is 0.462. The summed E-state index contributed by atoms with van der Waals surface area (Å²) in [6.07, 6.45) is -7.46. The fourth-order valence-electron chi connectivity index (χ4n) is 1.63. The molecule has 0 aromatic heterocycles. The molecule has 0 fully saturated rings. The van der Waals surface area contributed by atoms with Crippen LogP contribution in [0.5, 0.6) is 0 Å². The molecule has 20 heavy (non-hydrogen) atoms. The van der Waals surface area contributed by atoms with Gasteiger partial charge < -0.3 is 25.5 Å². The smallest absolute Gasteiger partial charge is 0.186 e. The number of benzene rings is 1. The lowest BCUT2D eigenvalue weighted by Crippen LogP contribution is -2.49. The van der Waals surface area contributed by atoms with Crippen molar-refractivity contribution in [2.24, 2.45) is 0 Å². The van der Waals surface area contributed by atoms with Gasteiger partial charge in [0.25, 0.3) is 0 Å². The molecule has 6 nitrogen and oxygen atoms in total. The van der Waals surface area contributed by atoms with Gasteiger partial charge in [-0.2, -0.15) is 0 Å². The fourth-order valence-corrected chi connectivity index (χ4v) is 1.90. The van der Waals surface area contributed by atoms with Crippen molar-refractivity contribution in [3.05, 3.63) is 35.9 Å². The van der Waals surface area contributed by atoms with Crippen LogP contribution in [0.3, 0.4) is 0 Å². The molecule has 0 aliphatic heterocycles. The van der Waals surface area contributed by atoms with E-state index in [1.807, 2.05) is 0 Å². The van der Waals surface area contributed by atoms with E-state index in [0.29, 0.717) is 5.56 Å². The molecule has 1 aromatic carbocycles. The van der Waals surface area contributed by atoms with Crippen LogP contribution in [0.4, 0.5) is 0 Å². The van der Waals surface area contributed by atoms with Crippen molar-refractivity contribution in [3.63, 3.8) is 0 Å². The summed E-state index contributed by atoms with van der Waals surface area (Å²) in [7, 11) is 0. The van der Waals surface area contributed by atoms with Crippen LogP contribution in [0, 0.1) is 0 Å². The van der Waals surface area contributed by atoms with Gasteiger partial charge in [0.2, 0.25) is 0 Å². The number of Topliss-reactive ketones (excluding diaryl/α,β-unsaturated/α-hetero) is 1. The van der Waals surface area contributed by atoms with E-state index in [0.717, 1.165) is 0 Å². The van der Waals surface area contributed by atoms with Crippen LogP contribution in [0.1, 0.15) is 10.9 Å². The third kappa shape index (κ3) is 3.99. The molecule has 0 radical (unpaired) electrons. The van der Waals surface area contributed by atoms with Crippen molar-refractivity contribution in [3.8, 4) is 0 Å². The topological polar surface area (TPSA) is 118 Å². The van der Waals surface area contributed by atoms with Crippen molar-refractivity contribution < 1.29 is 30.3 Å². The maximum Gasteiger partial charge on any atom is 0.186 e. The first-order valence-electron chi connectivity index (χ1n) is 5.96. The number of halogens is 1. The zero-order chi connectivity index (χ0) is 15.3. The number of hydrogen-bond donors (Lipinski definition) is 5. The minimum absolute atomic E-state index is 0.433. The highest BCUT2D eigenvalue weighted by Crippen LogP contribution is 2.24. The van der Waals surface area contributed by atoms with Gasteiger partial charge in [-0.3, -0.25) is 4.79 Å². The molecule has 5 atom stereocenters.